The molecule has 2 aromatic carbocycles. The molecule has 1 amide bonds. The van der Waals surface area contributed by atoms with Crippen molar-refractivity contribution in [3.8, 4) is 0 Å². The minimum Gasteiger partial charge on any atom is -0.376 e. The van der Waals surface area contributed by atoms with Crippen molar-refractivity contribution in [1.82, 2.24) is 4.90 Å². The Labute approximate surface area is 144 Å². The summed E-state index contributed by atoms with van der Waals surface area (Å²) in [6, 6.07) is 10.6. The minimum atomic E-state index is -0.702. The number of carbonyl (C=O) groups excluding carboxylic acids is 1. The average Bonchev–Trinajstić information content (AvgIpc) is 3.11. The molecule has 4 nitrogen and oxygen atoms in total. The first kappa shape index (κ1) is 16.0. The highest BCUT2D eigenvalue weighted by Crippen LogP contribution is 2.35. The fraction of sp³-hybridized carbons (Fsp3) is 0.316. The maximum absolute atomic E-state index is 14.4. The van der Waals surface area contributed by atoms with Gasteiger partial charge in [-0.15, -0.1) is 0 Å². The summed E-state index contributed by atoms with van der Waals surface area (Å²) in [6.45, 7) is 1.04. The summed E-state index contributed by atoms with van der Waals surface area (Å²) in [5.41, 5.74) is 1.42. The van der Waals surface area contributed by atoms with Gasteiger partial charge in [0.05, 0.1) is 11.7 Å². The number of carbonyl (C=O) groups is 1. The van der Waals surface area contributed by atoms with Crippen LogP contribution in [-0.2, 0) is 4.74 Å². The van der Waals surface area contributed by atoms with Crippen LogP contribution >= 0.6 is 0 Å². The number of para-hydroxylation sites is 1. The van der Waals surface area contributed by atoms with Crippen LogP contribution in [0, 0.1) is 11.6 Å². The summed E-state index contributed by atoms with van der Waals surface area (Å²) in [4.78, 5) is 14.6. The van der Waals surface area contributed by atoms with Gasteiger partial charge in [0.1, 0.15) is 17.8 Å². The second-order valence-corrected chi connectivity index (χ2v) is 6.35. The largest absolute Gasteiger partial charge is 0.376 e. The predicted molar refractivity (Wildman–Crippen MR) is 89.2 cm³/mol. The van der Waals surface area contributed by atoms with Gasteiger partial charge in [0.25, 0.3) is 5.91 Å². The van der Waals surface area contributed by atoms with Gasteiger partial charge in [0.15, 0.2) is 0 Å². The predicted octanol–water partition coefficient (Wildman–Crippen LogP) is 3.71. The lowest BCUT2D eigenvalue weighted by Crippen LogP contribution is -2.46. The van der Waals surface area contributed by atoms with E-state index in [-0.39, 0.29) is 17.6 Å². The second-order valence-electron chi connectivity index (χ2n) is 6.35. The molecular weight excluding hydrogens is 326 g/mol. The molecule has 1 N–H and O–H groups in total. The van der Waals surface area contributed by atoms with E-state index in [4.69, 9.17) is 4.74 Å². The number of hydrogen-bond acceptors (Lipinski definition) is 3. The lowest BCUT2D eigenvalue weighted by atomic mass is 10.0. The van der Waals surface area contributed by atoms with Crippen LogP contribution in [-0.4, -0.2) is 30.1 Å². The Kier molecular flexibility index (Phi) is 4.13. The molecule has 2 aliphatic heterocycles. The highest BCUT2D eigenvalue weighted by atomic mass is 19.1. The molecule has 4 rings (SSSR count). The zero-order chi connectivity index (χ0) is 17.4. The van der Waals surface area contributed by atoms with Crippen molar-refractivity contribution >= 4 is 11.6 Å². The average molecular weight is 344 g/mol. The van der Waals surface area contributed by atoms with Crippen LogP contribution in [0.1, 0.15) is 34.9 Å². The van der Waals surface area contributed by atoms with Crippen LogP contribution in [0.15, 0.2) is 42.5 Å². The lowest BCUT2D eigenvalue weighted by molar-refractivity contribution is 0.0423. The molecule has 25 heavy (non-hydrogen) atoms. The van der Waals surface area contributed by atoms with Crippen molar-refractivity contribution in [2.75, 3.05) is 18.5 Å². The topological polar surface area (TPSA) is 41.6 Å². The Bertz CT molecular complexity index is 806. The van der Waals surface area contributed by atoms with Gasteiger partial charge in [-0.1, -0.05) is 12.1 Å². The molecule has 0 saturated carbocycles. The molecule has 0 aliphatic carbocycles. The first-order valence-electron chi connectivity index (χ1n) is 8.36. The third-order valence-corrected chi connectivity index (χ3v) is 4.70. The molecule has 6 heteroatoms. The second kappa shape index (κ2) is 6.44. The number of ether oxygens (including phenoxy) is 1. The van der Waals surface area contributed by atoms with Gasteiger partial charge in [-0.2, -0.15) is 0 Å². The van der Waals surface area contributed by atoms with Crippen molar-refractivity contribution in [1.29, 1.82) is 0 Å². The molecule has 1 fully saturated rings. The number of hydrogen-bond donors (Lipinski definition) is 1. The monoisotopic (exact) mass is 344 g/mol. The van der Waals surface area contributed by atoms with Gasteiger partial charge >= 0.3 is 0 Å². The fourth-order valence-electron chi connectivity index (χ4n) is 3.46. The summed E-state index contributed by atoms with van der Waals surface area (Å²) >= 11 is 0. The number of fused-ring (bicyclic) bond motifs is 1. The Hall–Kier alpha value is -2.47. The van der Waals surface area contributed by atoms with Crippen LogP contribution in [0.25, 0.3) is 0 Å². The van der Waals surface area contributed by atoms with Crippen molar-refractivity contribution in [3.05, 3.63) is 65.2 Å². The van der Waals surface area contributed by atoms with Crippen molar-refractivity contribution in [2.45, 2.75) is 25.1 Å². The quantitative estimate of drug-likeness (QED) is 0.923. The van der Waals surface area contributed by atoms with E-state index in [9.17, 15) is 13.6 Å². The normalized spacial score (nSPS) is 22.6. The number of halogens is 2. The minimum absolute atomic E-state index is 0.0676. The van der Waals surface area contributed by atoms with E-state index >= 15 is 0 Å². The summed E-state index contributed by atoms with van der Waals surface area (Å²) in [7, 11) is 0. The van der Waals surface area contributed by atoms with Gasteiger partial charge in [-0.3, -0.25) is 4.79 Å². The van der Waals surface area contributed by atoms with Gasteiger partial charge in [-0.25, -0.2) is 8.78 Å². The first-order valence-corrected chi connectivity index (χ1v) is 8.36. The molecule has 0 radical (unpaired) electrons. The standard InChI is InChI=1S/C19H18F2N2O2/c20-12-7-8-14(16(21)10-12)18-22-17-6-2-1-5-15(17)19(24)23(18)11-13-4-3-9-25-13/h1-2,5-8,10,13,18,22H,3-4,9,11H2. The van der Waals surface area contributed by atoms with E-state index in [0.717, 1.165) is 18.9 Å². The number of rotatable bonds is 3. The zero-order valence-corrected chi connectivity index (χ0v) is 13.5. The van der Waals surface area contributed by atoms with Crippen LogP contribution in [0.4, 0.5) is 14.5 Å². The fourth-order valence-corrected chi connectivity index (χ4v) is 3.46. The van der Waals surface area contributed by atoms with Crippen LogP contribution in [0.2, 0.25) is 0 Å². The molecule has 0 spiro atoms. The van der Waals surface area contributed by atoms with E-state index in [1.54, 1.807) is 23.1 Å². The van der Waals surface area contributed by atoms with E-state index in [0.29, 0.717) is 24.4 Å². The summed E-state index contributed by atoms with van der Waals surface area (Å²) < 4.78 is 33.3. The number of nitrogens with one attached hydrogen (secondary N) is 1. The first-order chi connectivity index (χ1) is 12.1. The number of anilines is 1. The summed E-state index contributed by atoms with van der Waals surface area (Å²) in [5, 5.41) is 3.22. The molecular formula is C19H18F2N2O2. The third-order valence-electron chi connectivity index (χ3n) is 4.70. The molecule has 0 bridgehead atoms. The van der Waals surface area contributed by atoms with E-state index in [2.05, 4.69) is 5.32 Å². The highest BCUT2D eigenvalue weighted by Gasteiger charge is 2.36. The van der Waals surface area contributed by atoms with E-state index in [1.807, 2.05) is 6.07 Å². The van der Waals surface area contributed by atoms with E-state index < -0.39 is 17.8 Å². The van der Waals surface area contributed by atoms with Gasteiger partial charge in [0.2, 0.25) is 0 Å². The van der Waals surface area contributed by atoms with Crippen LogP contribution in [0.5, 0.6) is 0 Å². The highest BCUT2D eigenvalue weighted by molar-refractivity contribution is 6.01. The number of benzene rings is 2. The van der Waals surface area contributed by atoms with E-state index in [1.165, 1.54) is 12.1 Å². The Balaban J connectivity index is 1.74. The molecule has 0 aromatic heterocycles. The Morgan fingerprint density at radius 2 is 2.04 bits per heavy atom. The smallest absolute Gasteiger partial charge is 0.257 e. The molecule has 2 atom stereocenters. The molecule has 1 saturated heterocycles. The molecule has 2 aliphatic rings. The van der Waals surface area contributed by atoms with Crippen molar-refractivity contribution < 1.29 is 18.3 Å². The zero-order valence-electron chi connectivity index (χ0n) is 13.5. The Morgan fingerprint density at radius 1 is 1.20 bits per heavy atom. The molecule has 2 unspecified atom stereocenters. The van der Waals surface area contributed by atoms with Gasteiger partial charge in [-0.05, 0) is 37.1 Å². The molecule has 2 heterocycles. The maximum atomic E-state index is 14.4. The van der Waals surface area contributed by atoms with Crippen molar-refractivity contribution in [2.24, 2.45) is 0 Å². The van der Waals surface area contributed by atoms with Crippen LogP contribution < -0.4 is 5.32 Å². The molecule has 130 valence electrons. The lowest BCUT2D eigenvalue weighted by Gasteiger charge is -2.39. The number of amides is 1. The number of nitrogens with zero attached hydrogens (tertiary/aromatic N) is 1. The molecule has 2 aromatic rings. The summed E-state index contributed by atoms with van der Waals surface area (Å²) in [6.07, 6.45) is 1.05. The SMILES string of the molecule is O=C1c2ccccc2NC(c2ccc(F)cc2F)N1CC1CCCO1. The Morgan fingerprint density at radius 3 is 2.80 bits per heavy atom. The van der Waals surface area contributed by atoms with Gasteiger partial charge in [0, 0.05) is 30.5 Å². The maximum Gasteiger partial charge on any atom is 0.257 e. The van der Waals surface area contributed by atoms with Crippen molar-refractivity contribution in [3.63, 3.8) is 0 Å². The third kappa shape index (κ3) is 2.98. The van der Waals surface area contributed by atoms with Gasteiger partial charge < -0.3 is 15.0 Å². The summed E-state index contributed by atoms with van der Waals surface area (Å²) in [5.74, 6) is -1.50. The van der Waals surface area contributed by atoms with Crippen LogP contribution in [0.3, 0.4) is 0 Å².